The monoisotopic (exact) mass is 214 g/mol. The van der Waals surface area contributed by atoms with Gasteiger partial charge in [-0.1, -0.05) is 6.92 Å². The van der Waals surface area contributed by atoms with Gasteiger partial charge in [0.05, 0.1) is 18.8 Å². The van der Waals surface area contributed by atoms with Crippen molar-refractivity contribution in [2.24, 2.45) is 0 Å². The summed E-state index contributed by atoms with van der Waals surface area (Å²) in [7, 11) is 0. The van der Waals surface area contributed by atoms with Crippen molar-refractivity contribution in [2.75, 3.05) is 11.5 Å². The summed E-state index contributed by atoms with van der Waals surface area (Å²) >= 11 is 1.91. The Bertz CT molecular complexity index is 297. The molecule has 0 radical (unpaired) electrons. The molecule has 0 aliphatic heterocycles. The van der Waals surface area contributed by atoms with Crippen molar-refractivity contribution in [3.63, 3.8) is 0 Å². The molecular formula is C10H18N2OS. The first-order chi connectivity index (χ1) is 6.70. The van der Waals surface area contributed by atoms with Crippen LogP contribution in [-0.2, 0) is 13.2 Å². The van der Waals surface area contributed by atoms with E-state index in [1.807, 2.05) is 30.3 Å². The molecule has 0 atom stereocenters. The SMILES string of the molecule is CCSCCn1nc(C)c(CO)c1C. The Morgan fingerprint density at radius 3 is 2.64 bits per heavy atom. The Morgan fingerprint density at radius 2 is 2.14 bits per heavy atom. The standard InChI is InChI=1S/C10H18N2OS/c1-4-14-6-5-12-9(3)10(7-13)8(2)11-12/h13H,4-7H2,1-3H3. The van der Waals surface area contributed by atoms with E-state index in [4.69, 9.17) is 5.11 Å². The molecule has 0 amide bonds. The van der Waals surface area contributed by atoms with Crippen molar-refractivity contribution in [3.05, 3.63) is 17.0 Å². The maximum Gasteiger partial charge on any atom is 0.0718 e. The maximum absolute atomic E-state index is 9.13. The number of nitrogens with zero attached hydrogens (tertiary/aromatic N) is 2. The first-order valence-electron chi connectivity index (χ1n) is 4.92. The van der Waals surface area contributed by atoms with Crippen LogP contribution in [0.5, 0.6) is 0 Å². The summed E-state index contributed by atoms with van der Waals surface area (Å²) in [5.74, 6) is 2.23. The molecule has 1 rings (SSSR count). The summed E-state index contributed by atoms with van der Waals surface area (Å²) in [4.78, 5) is 0. The number of hydrogen-bond donors (Lipinski definition) is 1. The molecule has 1 aromatic heterocycles. The molecule has 1 heterocycles. The number of thioether (sulfide) groups is 1. The molecule has 0 aliphatic rings. The smallest absolute Gasteiger partial charge is 0.0718 e. The van der Waals surface area contributed by atoms with Crippen molar-refractivity contribution in [3.8, 4) is 0 Å². The third-order valence-electron chi connectivity index (χ3n) is 2.34. The van der Waals surface area contributed by atoms with Gasteiger partial charge in [0, 0.05) is 17.0 Å². The van der Waals surface area contributed by atoms with Gasteiger partial charge >= 0.3 is 0 Å². The minimum Gasteiger partial charge on any atom is -0.392 e. The van der Waals surface area contributed by atoms with Crippen LogP contribution in [-0.4, -0.2) is 26.4 Å². The summed E-state index contributed by atoms with van der Waals surface area (Å²) in [5, 5.41) is 13.5. The molecule has 0 saturated carbocycles. The second kappa shape index (κ2) is 5.41. The fraction of sp³-hybridized carbons (Fsp3) is 0.700. The molecule has 1 aromatic rings. The molecule has 0 saturated heterocycles. The van der Waals surface area contributed by atoms with E-state index in [0.29, 0.717) is 0 Å². The maximum atomic E-state index is 9.13. The van der Waals surface area contributed by atoms with E-state index < -0.39 is 0 Å². The number of aliphatic hydroxyl groups excluding tert-OH is 1. The molecule has 80 valence electrons. The van der Waals surface area contributed by atoms with Gasteiger partial charge in [-0.2, -0.15) is 16.9 Å². The van der Waals surface area contributed by atoms with Gasteiger partial charge in [0.25, 0.3) is 0 Å². The molecule has 0 spiro atoms. The number of aliphatic hydroxyl groups is 1. The third kappa shape index (κ3) is 2.51. The topological polar surface area (TPSA) is 38.0 Å². The predicted molar refractivity (Wildman–Crippen MR) is 60.6 cm³/mol. The van der Waals surface area contributed by atoms with Gasteiger partial charge in [-0.05, 0) is 19.6 Å². The van der Waals surface area contributed by atoms with Gasteiger partial charge < -0.3 is 5.11 Å². The van der Waals surface area contributed by atoms with Crippen LogP contribution in [0.15, 0.2) is 0 Å². The Balaban J connectivity index is 2.68. The number of aryl methyl sites for hydroxylation is 2. The predicted octanol–water partition coefficient (Wildman–Crippen LogP) is 1.75. The Labute approximate surface area is 89.5 Å². The third-order valence-corrected chi connectivity index (χ3v) is 3.22. The normalized spacial score (nSPS) is 10.9. The summed E-state index contributed by atoms with van der Waals surface area (Å²) < 4.78 is 1.99. The summed E-state index contributed by atoms with van der Waals surface area (Å²) in [6.07, 6.45) is 0. The van der Waals surface area contributed by atoms with Gasteiger partial charge in [0.2, 0.25) is 0 Å². The molecule has 14 heavy (non-hydrogen) atoms. The second-order valence-corrected chi connectivity index (χ2v) is 4.62. The lowest BCUT2D eigenvalue weighted by atomic mass is 10.2. The van der Waals surface area contributed by atoms with Crippen molar-refractivity contribution in [1.82, 2.24) is 9.78 Å². The van der Waals surface area contributed by atoms with Gasteiger partial charge in [-0.25, -0.2) is 0 Å². The van der Waals surface area contributed by atoms with Crippen LogP contribution in [0.4, 0.5) is 0 Å². The average Bonchev–Trinajstić information content (AvgIpc) is 2.42. The molecule has 0 aliphatic carbocycles. The van der Waals surface area contributed by atoms with Crippen LogP contribution in [0.1, 0.15) is 23.9 Å². The average molecular weight is 214 g/mol. The molecule has 4 heteroatoms. The van der Waals surface area contributed by atoms with Crippen LogP contribution in [0, 0.1) is 13.8 Å². The molecule has 0 bridgehead atoms. The lowest BCUT2D eigenvalue weighted by Gasteiger charge is -2.03. The minimum atomic E-state index is 0.0958. The summed E-state index contributed by atoms with van der Waals surface area (Å²) in [6, 6.07) is 0. The summed E-state index contributed by atoms with van der Waals surface area (Å²) in [6.45, 7) is 7.15. The highest BCUT2D eigenvalue weighted by Crippen LogP contribution is 2.13. The van der Waals surface area contributed by atoms with Gasteiger partial charge in [0.1, 0.15) is 0 Å². The van der Waals surface area contributed by atoms with E-state index in [2.05, 4.69) is 12.0 Å². The van der Waals surface area contributed by atoms with Crippen LogP contribution < -0.4 is 0 Å². The fourth-order valence-electron chi connectivity index (χ4n) is 1.48. The van der Waals surface area contributed by atoms with Gasteiger partial charge in [-0.15, -0.1) is 0 Å². The Hall–Kier alpha value is -0.480. The zero-order chi connectivity index (χ0) is 10.6. The number of hydrogen-bond acceptors (Lipinski definition) is 3. The molecule has 1 N–H and O–H groups in total. The van der Waals surface area contributed by atoms with E-state index in [0.717, 1.165) is 35.0 Å². The van der Waals surface area contributed by atoms with E-state index in [9.17, 15) is 0 Å². The highest BCUT2D eigenvalue weighted by atomic mass is 32.2. The highest BCUT2D eigenvalue weighted by molar-refractivity contribution is 7.99. The largest absolute Gasteiger partial charge is 0.392 e. The Morgan fingerprint density at radius 1 is 1.43 bits per heavy atom. The first kappa shape index (κ1) is 11.6. The first-order valence-corrected chi connectivity index (χ1v) is 6.07. The van der Waals surface area contributed by atoms with Crippen LogP contribution >= 0.6 is 11.8 Å². The minimum absolute atomic E-state index is 0.0958. The van der Waals surface area contributed by atoms with Crippen LogP contribution in [0.2, 0.25) is 0 Å². The lowest BCUT2D eigenvalue weighted by molar-refractivity contribution is 0.280. The number of rotatable bonds is 5. The number of aromatic nitrogens is 2. The highest BCUT2D eigenvalue weighted by Gasteiger charge is 2.09. The second-order valence-electron chi connectivity index (χ2n) is 3.23. The zero-order valence-corrected chi connectivity index (χ0v) is 9.89. The van der Waals surface area contributed by atoms with Crippen molar-refractivity contribution in [1.29, 1.82) is 0 Å². The van der Waals surface area contributed by atoms with Gasteiger partial charge in [-0.3, -0.25) is 4.68 Å². The molecule has 0 unspecified atom stereocenters. The molecule has 3 nitrogen and oxygen atoms in total. The van der Waals surface area contributed by atoms with E-state index in [-0.39, 0.29) is 6.61 Å². The molecule has 0 fully saturated rings. The summed E-state index contributed by atoms with van der Waals surface area (Å²) in [5.41, 5.74) is 3.03. The quantitative estimate of drug-likeness (QED) is 0.759. The van der Waals surface area contributed by atoms with Crippen LogP contribution in [0.3, 0.4) is 0 Å². The fourth-order valence-corrected chi connectivity index (χ4v) is 2.07. The van der Waals surface area contributed by atoms with E-state index >= 15 is 0 Å². The van der Waals surface area contributed by atoms with Gasteiger partial charge in [0.15, 0.2) is 0 Å². The van der Waals surface area contributed by atoms with E-state index in [1.54, 1.807) is 0 Å². The van der Waals surface area contributed by atoms with Crippen LogP contribution in [0.25, 0.3) is 0 Å². The lowest BCUT2D eigenvalue weighted by Crippen LogP contribution is -2.05. The zero-order valence-electron chi connectivity index (χ0n) is 9.08. The van der Waals surface area contributed by atoms with E-state index in [1.165, 1.54) is 0 Å². The van der Waals surface area contributed by atoms with Crippen molar-refractivity contribution < 1.29 is 5.11 Å². The molecule has 0 aromatic carbocycles. The Kier molecular flexibility index (Phi) is 4.48. The molecular weight excluding hydrogens is 196 g/mol. The van der Waals surface area contributed by atoms with Crippen molar-refractivity contribution >= 4 is 11.8 Å². The van der Waals surface area contributed by atoms with Crippen molar-refractivity contribution in [2.45, 2.75) is 33.9 Å².